The van der Waals surface area contributed by atoms with E-state index in [-0.39, 0.29) is 11.4 Å². The van der Waals surface area contributed by atoms with Crippen LogP contribution >= 0.6 is 0 Å². The van der Waals surface area contributed by atoms with E-state index in [1.54, 1.807) is 6.08 Å². The van der Waals surface area contributed by atoms with E-state index in [0.717, 1.165) is 40.8 Å². The van der Waals surface area contributed by atoms with E-state index in [4.69, 9.17) is 9.47 Å². The minimum Gasteiger partial charge on any atom is -0.489 e. The van der Waals surface area contributed by atoms with Crippen molar-refractivity contribution in [3.05, 3.63) is 107 Å². The highest BCUT2D eigenvalue weighted by molar-refractivity contribution is 5.90. The average molecular weight is 482 g/mol. The van der Waals surface area contributed by atoms with Gasteiger partial charge in [-0.3, -0.25) is 0 Å². The Morgan fingerprint density at radius 3 is 2.42 bits per heavy atom. The summed E-state index contributed by atoms with van der Waals surface area (Å²) in [5.74, 6) is 0.564. The molecular weight excluding hydrogens is 446 g/mol. The van der Waals surface area contributed by atoms with Crippen molar-refractivity contribution in [2.24, 2.45) is 7.05 Å². The van der Waals surface area contributed by atoms with Gasteiger partial charge >= 0.3 is 5.97 Å². The standard InChI is InChI=1S/C32H35NO3/c1-6-32(7-2,26-15-17-30(23(3)19-26)36-22-25-11-9-8-10-12-25)28-21-33(4)29-20-24(13-16-27(28)29)14-18-31(34)35-5/h8-21H,6-7,22H2,1-5H3. The molecule has 0 aliphatic rings. The summed E-state index contributed by atoms with van der Waals surface area (Å²) >= 11 is 0. The van der Waals surface area contributed by atoms with Gasteiger partial charge in [0.15, 0.2) is 0 Å². The summed E-state index contributed by atoms with van der Waals surface area (Å²) in [5.41, 5.74) is 6.92. The lowest BCUT2D eigenvalue weighted by Crippen LogP contribution is -2.26. The molecule has 0 amide bonds. The molecule has 0 bridgehead atoms. The molecule has 0 spiro atoms. The van der Waals surface area contributed by atoms with Crippen molar-refractivity contribution >= 4 is 22.9 Å². The fourth-order valence-corrected chi connectivity index (χ4v) is 5.16. The van der Waals surface area contributed by atoms with Crippen molar-refractivity contribution in [2.45, 2.75) is 45.6 Å². The Kier molecular flexibility index (Phi) is 7.64. The lowest BCUT2D eigenvalue weighted by molar-refractivity contribution is -0.134. The third-order valence-corrected chi connectivity index (χ3v) is 7.32. The number of aromatic nitrogens is 1. The second kappa shape index (κ2) is 10.9. The maximum atomic E-state index is 11.5. The number of fused-ring (bicyclic) bond motifs is 1. The molecule has 0 fully saturated rings. The van der Waals surface area contributed by atoms with Crippen molar-refractivity contribution in [2.75, 3.05) is 7.11 Å². The number of ether oxygens (including phenoxy) is 2. The van der Waals surface area contributed by atoms with Gasteiger partial charge in [-0.1, -0.05) is 68.4 Å². The number of esters is 1. The first-order valence-electron chi connectivity index (χ1n) is 12.5. The van der Waals surface area contributed by atoms with Crippen LogP contribution in [0.5, 0.6) is 5.75 Å². The van der Waals surface area contributed by atoms with Gasteiger partial charge < -0.3 is 14.0 Å². The molecule has 186 valence electrons. The van der Waals surface area contributed by atoms with E-state index in [0.29, 0.717) is 6.61 Å². The zero-order chi connectivity index (χ0) is 25.7. The van der Waals surface area contributed by atoms with E-state index >= 15 is 0 Å². The van der Waals surface area contributed by atoms with E-state index in [1.165, 1.54) is 29.7 Å². The highest BCUT2D eigenvalue weighted by Crippen LogP contribution is 2.44. The smallest absolute Gasteiger partial charge is 0.330 e. The molecule has 4 rings (SSSR count). The molecule has 0 aliphatic carbocycles. The second-order valence-corrected chi connectivity index (χ2v) is 9.33. The van der Waals surface area contributed by atoms with Gasteiger partial charge in [-0.2, -0.15) is 0 Å². The second-order valence-electron chi connectivity index (χ2n) is 9.33. The molecular formula is C32H35NO3. The summed E-state index contributed by atoms with van der Waals surface area (Å²) in [7, 11) is 3.47. The third kappa shape index (κ3) is 4.94. The van der Waals surface area contributed by atoms with Crippen molar-refractivity contribution in [3.63, 3.8) is 0 Å². The molecule has 4 heteroatoms. The Bertz CT molecular complexity index is 1380. The predicted octanol–water partition coefficient (Wildman–Crippen LogP) is 7.36. The Hall–Kier alpha value is -3.79. The quantitative estimate of drug-likeness (QED) is 0.185. The lowest BCUT2D eigenvalue weighted by Gasteiger charge is -2.33. The number of nitrogens with zero attached hydrogens (tertiary/aromatic N) is 1. The molecule has 0 radical (unpaired) electrons. The Morgan fingerprint density at radius 2 is 1.75 bits per heavy atom. The monoisotopic (exact) mass is 481 g/mol. The summed E-state index contributed by atoms with van der Waals surface area (Å²) in [5, 5.41) is 1.23. The molecule has 1 aromatic heterocycles. The molecule has 3 aromatic carbocycles. The summed E-state index contributed by atoms with van der Waals surface area (Å²) in [6.45, 7) is 7.22. The Labute approximate surface area is 214 Å². The fraction of sp³-hybridized carbons (Fsp3) is 0.281. The maximum absolute atomic E-state index is 11.5. The topological polar surface area (TPSA) is 40.5 Å². The maximum Gasteiger partial charge on any atom is 0.330 e. The first-order valence-corrected chi connectivity index (χ1v) is 12.5. The molecule has 0 N–H and O–H groups in total. The summed E-state index contributed by atoms with van der Waals surface area (Å²) < 4.78 is 13.1. The van der Waals surface area contributed by atoms with Crippen LogP contribution in [0.15, 0.2) is 79.0 Å². The van der Waals surface area contributed by atoms with Crippen LogP contribution in [0.3, 0.4) is 0 Å². The molecule has 0 aliphatic heterocycles. The van der Waals surface area contributed by atoms with Crippen LogP contribution in [0.25, 0.3) is 17.0 Å². The third-order valence-electron chi connectivity index (χ3n) is 7.32. The molecule has 36 heavy (non-hydrogen) atoms. The van der Waals surface area contributed by atoms with Gasteiger partial charge in [-0.25, -0.2) is 4.79 Å². The van der Waals surface area contributed by atoms with Crippen LogP contribution in [-0.4, -0.2) is 17.6 Å². The van der Waals surface area contributed by atoms with E-state index in [1.807, 2.05) is 18.2 Å². The van der Waals surface area contributed by atoms with Crippen LogP contribution in [0, 0.1) is 6.92 Å². The van der Waals surface area contributed by atoms with E-state index < -0.39 is 0 Å². The number of aryl methyl sites for hydroxylation is 2. The molecule has 0 atom stereocenters. The van der Waals surface area contributed by atoms with Crippen LogP contribution < -0.4 is 4.74 Å². The molecule has 4 nitrogen and oxygen atoms in total. The van der Waals surface area contributed by atoms with E-state index in [2.05, 4.69) is 87.1 Å². The number of hydrogen-bond donors (Lipinski definition) is 0. The van der Waals surface area contributed by atoms with Crippen molar-refractivity contribution in [3.8, 4) is 5.75 Å². The molecule has 0 saturated heterocycles. The Balaban J connectivity index is 1.70. The first kappa shape index (κ1) is 25.3. The number of rotatable bonds is 9. The lowest BCUT2D eigenvalue weighted by atomic mass is 9.70. The SMILES string of the molecule is CCC(CC)(c1ccc(OCc2ccccc2)c(C)c1)c1cn(C)c2cc(C=CC(=O)OC)ccc12. The number of benzene rings is 3. The number of carbonyl (C=O) groups is 1. The van der Waals surface area contributed by atoms with Gasteiger partial charge in [-0.05, 0) is 65.8 Å². The number of hydrogen-bond acceptors (Lipinski definition) is 3. The number of methoxy groups -OCH3 is 1. The predicted molar refractivity (Wildman–Crippen MR) is 147 cm³/mol. The zero-order valence-corrected chi connectivity index (χ0v) is 21.9. The normalized spacial score (nSPS) is 11.8. The zero-order valence-electron chi connectivity index (χ0n) is 21.9. The molecule has 0 unspecified atom stereocenters. The van der Waals surface area contributed by atoms with Gasteiger partial charge in [0.1, 0.15) is 12.4 Å². The van der Waals surface area contributed by atoms with E-state index in [9.17, 15) is 4.79 Å². The van der Waals surface area contributed by atoms with Crippen LogP contribution in [-0.2, 0) is 28.6 Å². The highest BCUT2D eigenvalue weighted by atomic mass is 16.5. The average Bonchev–Trinajstić information content (AvgIpc) is 3.24. The first-order chi connectivity index (χ1) is 17.4. The number of carbonyl (C=O) groups excluding carboxylic acids is 1. The minimum atomic E-state index is -0.356. The summed E-state index contributed by atoms with van der Waals surface area (Å²) in [6.07, 6.45) is 7.48. The van der Waals surface area contributed by atoms with Gasteiger partial charge in [0.05, 0.1) is 7.11 Å². The van der Waals surface area contributed by atoms with Crippen molar-refractivity contribution in [1.82, 2.24) is 4.57 Å². The minimum absolute atomic E-state index is 0.119. The van der Waals surface area contributed by atoms with Gasteiger partial charge in [0, 0.05) is 35.6 Å². The van der Waals surface area contributed by atoms with Gasteiger partial charge in [-0.15, -0.1) is 0 Å². The molecule has 0 saturated carbocycles. The molecule has 1 heterocycles. The van der Waals surface area contributed by atoms with Gasteiger partial charge in [0.25, 0.3) is 0 Å². The molecule has 4 aromatic rings. The fourth-order valence-electron chi connectivity index (χ4n) is 5.16. The summed E-state index contributed by atoms with van der Waals surface area (Å²) in [4.78, 5) is 11.5. The largest absolute Gasteiger partial charge is 0.489 e. The summed E-state index contributed by atoms with van der Waals surface area (Å²) in [6, 6.07) is 23.3. The van der Waals surface area contributed by atoms with Crippen LogP contribution in [0.1, 0.15) is 54.5 Å². The van der Waals surface area contributed by atoms with Gasteiger partial charge in [0.2, 0.25) is 0 Å². The van der Waals surface area contributed by atoms with Crippen LogP contribution in [0.4, 0.5) is 0 Å². The van der Waals surface area contributed by atoms with Crippen LogP contribution in [0.2, 0.25) is 0 Å². The van der Waals surface area contributed by atoms with Crippen molar-refractivity contribution in [1.29, 1.82) is 0 Å². The Morgan fingerprint density at radius 1 is 1.00 bits per heavy atom. The van der Waals surface area contributed by atoms with Crippen molar-refractivity contribution < 1.29 is 14.3 Å². The highest BCUT2D eigenvalue weighted by Gasteiger charge is 2.34.